The van der Waals surface area contributed by atoms with Crippen molar-refractivity contribution in [3.8, 4) is 0 Å². The zero-order chi connectivity index (χ0) is 15.1. The second-order valence-electron chi connectivity index (χ2n) is 4.89. The molecule has 2 rings (SSSR count). The lowest BCUT2D eigenvalue weighted by molar-refractivity contribution is 0.907. The third-order valence-corrected chi connectivity index (χ3v) is 3.98. The maximum absolute atomic E-state index is 4.52. The number of rotatable bonds is 8. The summed E-state index contributed by atoms with van der Waals surface area (Å²) in [4.78, 5) is 13.5. The summed E-state index contributed by atoms with van der Waals surface area (Å²) >= 11 is 1.71. The number of aryl methyl sites for hydroxylation is 2. The first-order valence-corrected chi connectivity index (χ1v) is 8.36. The van der Waals surface area contributed by atoms with Crippen LogP contribution in [0, 0.1) is 6.92 Å². The molecule has 0 unspecified atom stereocenters. The van der Waals surface area contributed by atoms with Crippen LogP contribution in [0.25, 0.3) is 0 Å². The molecule has 2 aromatic heterocycles. The van der Waals surface area contributed by atoms with E-state index < -0.39 is 0 Å². The summed E-state index contributed by atoms with van der Waals surface area (Å²) in [6.45, 7) is 8.00. The summed E-state index contributed by atoms with van der Waals surface area (Å²) in [7, 11) is 0. The fourth-order valence-electron chi connectivity index (χ4n) is 1.90. The van der Waals surface area contributed by atoms with E-state index >= 15 is 0 Å². The standard InChI is InChI=1S/C15H23N5S/c1-4-7-16-13-9-14(20-12(5-2)19-13)17-8-6-15-18-11(3)10-21-15/h9-10H,4-8H2,1-3H3,(H2,16,17,19,20). The Balaban J connectivity index is 1.94. The van der Waals surface area contributed by atoms with Crippen molar-refractivity contribution in [1.82, 2.24) is 15.0 Å². The van der Waals surface area contributed by atoms with Gasteiger partial charge in [0.1, 0.15) is 17.5 Å². The Morgan fingerprint density at radius 2 is 1.76 bits per heavy atom. The lowest BCUT2D eigenvalue weighted by Crippen LogP contribution is -2.10. The van der Waals surface area contributed by atoms with Crippen molar-refractivity contribution in [3.63, 3.8) is 0 Å². The molecule has 5 nitrogen and oxygen atoms in total. The summed E-state index contributed by atoms with van der Waals surface area (Å²) in [6.07, 6.45) is 2.83. The number of anilines is 2. The first kappa shape index (κ1) is 15.7. The highest BCUT2D eigenvalue weighted by atomic mass is 32.1. The molecule has 0 fully saturated rings. The van der Waals surface area contributed by atoms with E-state index in [1.807, 2.05) is 13.0 Å². The molecular formula is C15H23N5S. The van der Waals surface area contributed by atoms with E-state index in [4.69, 9.17) is 0 Å². The molecule has 0 aromatic carbocycles. The van der Waals surface area contributed by atoms with Gasteiger partial charge < -0.3 is 10.6 Å². The molecule has 0 atom stereocenters. The van der Waals surface area contributed by atoms with E-state index in [-0.39, 0.29) is 0 Å². The van der Waals surface area contributed by atoms with Crippen LogP contribution in [0.5, 0.6) is 0 Å². The quantitative estimate of drug-likeness (QED) is 0.783. The molecule has 0 aliphatic heterocycles. The number of thiazole rings is 1. The third kappa shape index (κ3) is 4.97. The lowest BCUT2D eigenvalue weighted by Gasteiger charge is -2.10. The zero-order valence-corrected chi connectivity index (χ0v) is 13.8. The first-order chi connectivity index (χ1) is 10.2. The number of nitrogens with zero attached hydrogens (tertiary/aromatic N) is 3. The predicted molar refractivity (Wildman–Crippen MR) is 89.2 cm³/mol. The molecule has 0 saturated heterocycles. The van der Waals surface area contributed by atoms with Crippen molar-refractivity contribution in [1.29, 1.82) is 0 Å². The van der Waals surface area contributed by atoms with Gasteiger partial charge in [0.05, 0.1) is 5.01 Å². The van der Waals surface area contributed by atoms with Crippen molar-refractivity contribution in [2.24, 2.45) is 0 Å². The SMILES string of the molecule is CCCNc1cc(NCCc2nc(C)cs2)nc(CC)n1. The Kier molecular flexibility index (Phi) is 5.92. The van der Waals surface area contributed by atoms with E-state index in [2.05, 4.69) is 44.8 Å². The highest BCUT2D eigenvalue weighted by Crippen LogP contribution is 2.13. The van der Waals surface area contributed by atoms with Gasteiger partial charge >= 0.3 is 0 Å². The molecule has 0 aliphatic carbocycles. The minimum atomic E-state index is 0.834. The first-order valence-electron chi connectivity index (χ1n) is 7.48. The van der Waals surface area contributed by atoms with Crippen molar-refractivity contribution in [2.45, 2.75) is 40.0 Å². The minimum absolute atomic E-state index is 0.834. The largest absolute Gasteiger partial charge is 0.370 e. The summed E-state index contributed by atoms with van der Waals surface area (Å²) < 4.78 is 0. The van der Waals surface area contributed by atoms with Crippen molar-refractivity contribution in [3.05, 3.63) is 28.0 Å². The maximum Gasteiger partial charge on any atom is 0.132 e. The van der Waals surface area contributed by atoms with E-state index in [1.165, 1.54) is 0 Å². The molecule has 2 heterocycles. The van der Waals surface area contributed by atoms with Gasteiger partial charge in [-0.15, -0.1) is 11.3 Å². The molecule has 0 aliphatic rings. The number of hydrogen-bond acceptors (Lipinski definition) is 6. The van der Waals surface area contributed by atoms with Crippen LogP contribution < -0.4 is 10.6 Å². The summed E-state index contributed by atoms with van der Waals surface area (Å²) in [6, 6.07) is 1.97. The number of hydrogen-bond donors (Lipinski definition) is 2. The summed E-state index contributed by atoms with van der Waals surface area (Å²) in [5.41, 5.74) is 1.09. The Bertz CT molecular complexity index is 567. The van der Waals surface area contributed by atoms with Crippen LogP contribution in [-0.2, 0) is 12.8 Å². The highest BCUT2D eigenvalue weighted by Gasteiger charge is 2.04. The molecule has 2 N–H and O–H groups in total. The Labute approximate surface area is 130 Å². The maximum atomic E-state index is 4.52. The van der Waals surface area contributed by atoms with Crippen molar-refractivity contribution >= 4 is 23.0 Å². The van der Waals surface area contributed by atoms with Crippen LogP contribution >= 0.6 is 11.3 Å². The molecule has 0 amide bonds. The van der Waals surface area contributed by atoms with Crippen LogP contribution in [0.2, 0.25) is 0 Å². The Morgan fingerprint density at radius 3 is 2.33 bits per heavy atom. The average Bonchev–Trinajstić information content (AvgIpc) is 2.90. The monoisotopic (exact) mass is 305 g/mol. The van der Waals surface area contributed by atoms with Crippen molar-refractivity contribution in [2.75, 3.05) is 23.7 Å². The van der Waals surface area contributed by atoms with E-state index in [0.29, 0.717) is 0 Å². The minimum Gasteiger partial charge on any atom is -0.370 e. The number of aromatic nitrogens is 3. The lowest BCUT2D eigenvalue weighted by atomic mass is 10.4. The van der Waals surface area contributed by atoms with Crippen LogP contribution in [-0.4, -0.2) is 28.0 Å². The van der Waals surface area contributed by atoms with E-state index in [9.17, 15) is 0 Å². The molecule has 114 valence electrons. The summed E-state index contributed by atoms with van der Waals surface area (Å²) in [5, 5.41) is 9.94. The molecule has 21 heavy (non-hydrogen) atoms. The Morgan fingerprint density at radius 1 is 1.05 bits per heavy atom. The fourth-order valence-corrected chi connectivity index (χ4v) is 2.68. The zero-order valence-electron chi connectivity index (χ0n) is 12.9. The van der Waals surface area contributed by atoms with Gasteiger partial charge in [0, 0.05) is 43.1 Å². The van der Waals surface area contributed by atoms with Crippen LogP contribution in [0.15, 0.2) is 11.4 Å². The topological polar surface area (TPSA) is 62.7 Å². The molecule has 6 heteroatoms. The summed E-state index contributed by atoms with van der Waals surface area (Å²) in [5.74, 6) is 2.65. The molecule has 0 radical (unpaired) electrons. The highest BCUT2D eigenvalue weighted by molar-refractivity contribution is 7.09. The molecular weight excluding hydrogens is 282 g/mol. The smallest absolute Gasteiger partial charge is 0.132 e. The normalized spacial score (nSPS) is 10.6. The van der Waals surface area contributed by atoms with Gasteiger partial charge in [-0.3, -0.25) is 0 Å². The second-order valence-corrected chi connectivity index (χ2v) is 5.84. The van der Waals surface area contributed by atoms with E-state index in [1.54, 1.807) is 11.3 Å². The van der Waals surface area contributed by atoms with Gasteiger partial charge in [-0.05, 0) is 13.3 Å². The van der Waals surface area contributed by atoms with Gasteiger partial charge in [-0.1, -0.05) is 13.8 Å². The predicted octanol–water partition coefficient (Wildman–Crippen LogP) is 3.28. The van der Waals surface area contributed by atoms with Gasteiger partial charge in [0.25, 0.3) is 0 Å². The van der Waals surface area contributed by atoms with Crippen LogP contribution in [0.1, 0.15) is 36.8 Å². The number of nitrogens with one attached hydrogen (secondary N) is 2. The van der Waals surface area contributed by atoms with E-state index in [0.717, 1.165) is 60.5 Å². The van der Waals surface area contributed by atoms with Gasteiger partial charge in [0.15, 0.2) is 0 Å². The van der Waals surface area contributed by atoms with Gasteiger partial charge in [-0.25, -0.2) is 15.0 Å². The van der Waals surface area contributed by atoms with Gasteiger partial charge in [0.2, 0.25) is 0 Å². The molecule has 0 spiro atoms. The van der Waals surface area contributed by atoms with Gasteiger partial charge in [-0.2, -0.15) is 0 Å². The molecule has 2 aromatic rings. The van der Waals surface area contributed by atoms with Crippen LogP contribution in [0.4, 0.5) is 11.6 Å². The molecule has 0 saturated carbocycles. The van der Waals surface area contributed by atoms with Crippen LogP contribution in [0.3, 0.4) is 0 Å². The average molecular weight is 305 g/mol. The third-order valence-electron chi connectivity index (χ3n) is 2.96. The fraction of sp³-hybridized carbons (Fsp3) is 0.533. The second kappa shape index (κ2) is 7.93. The Hall–Kier alpha value is -1.69. The molecule has 0 bridgehead atoms. The van der Waals surface area contributed by atoms with Crippen molar-refractivity contribution < 1.29 is 0 Å².